The number of anilines is 1. The Morgan fingerprint density at radius 2 is 2.12 bits per heavy atom. The van der Waals surface area contributed by atoms with Crippen LogP contribution in [0.5, 0.6) is 5.75 Å². The van der Waals surface area contributed by atoms with Gasteiger partial charge in [0.15, 0.2) is 0 Å². The van der Waals surface area contributed by atoms with Gasteiger partial charge in [0.1, 0.15) is 18.2 Å². The van der Waals surface area contributed by atoms with Crippen LogP contribution >= 0.6 is 0 Å². The van der Waals surface area contributed by atoms with Gasteiger partial charge in [-0.2, -0.15) is 5.10 Å². The molecule has 1 heterocycles. The molecule has 4 nitrogen and oxygen atoms in total. The largest absolute Gasteiger partial charge is 0.492 e. The molecular weight excluding hydrogens is 221 g/mol. The smallest absolute Gasteiger partial charge is 0.123 e. The molecule has 0 saturated heterocycles. The molecular formula is C12H14FN3O. The minimum Gasteiger partial charge on any atom is -0.492 e. The first-order valence-corrected chi connectivity index (χ1v) is 5.36. The maximum atomic E-state index is 12.6. The monoisotopic (exact) mass is 235 g/mol. The first-order valence-electron chi connectivity index (χ1n) is 5.36. The highest BCUT2D eigenvalue weighted by Crippen LogP contribution is 2.11. The summed E-state index contributed by atoms with van der Waals surface area (Å²) in [6.07, 6.45) is 3.64. The first-order chi connectivity index (χ1) is 8.28. The van der Waals surface area contributed by atoms with Crippen molar-refractivity contribution >= 4 is 5.69 Å². The summed E-state index contributed by atoms with van der Waals surface area (Å²) in [5, 5.41) is 7.14. The predicted octanol–water partition coefficient (Wildman–Crippen LogP) is 2.14. The summed E-state index contributed by atoms with van der Waals surface area (Å²) < 4.78 is 19.9. The highest BCUT2D eigenvalue weighted by molar-refractivity contribution is 5.36. The van der Waals surface area contributed by atoms with Gasteiger partial charge in [0.25, 0.3) is 0 Å². The molecule has 0 bridgehead atoms. The first kappa shape index (κ1) is 11.4. The molecule has 0 radical (unpaired) electrons. The van der Waals surface area contributed by atoms with E-state index in [9.17, 15) is 4.39 Å². The second-order valence-corrected chi connectivity index (χ2v) is 3.54. The van der Waals surface area contributed by atoms with Gasteiger partial charge in [-0.05, 0) is 24.3 Å². The predicted molar refractivity (Wildman–Crippen MR) is 63.7 cm³/mol. The number of hydrogen-bond acceptors (Lipinski definition) is 3. The van der Waals surface area contributed by atoms with Gasteiger partial charge >= 0.3 is 0 Å². The third-order valence-electron chi connectivity index (χ3n) is 2.32. The van der Waals surface area contributed by atoms with Crippen LogP contribution in [0.25, 0.3) is 0 Å². The summed E-state index contributed by atoms with van der Waals surface area (Å²) in [4.78, 5) is 0. The topological polar surface area (TPSA) is 39.1 Å². The van der Waals surface area contributed by atoms with Crippen LogP contribution in [0.4, 0.5) is 10.1 Å². The van der Waals surface area contributed by atoms with Crippen molar-refractivity contribution < 1.29 is 9.13 Å². The maximum absolute atomic E-state index is 12.6. The van der Waals surface area contributed by atoms with Crippen LogP contribution in [0.15, 0.2) is 36.7 Å². The lowest BCUT2D eigenvalue weighted by atomic mass is 10.3. The second kappa shape index (κ2) is 5.34. The van der Waals surface area contributed by atoms with Crippen LogP contribution in [0.1, 0.15) is 0 Å². The number of ether oxygens (including phenoxy) is 1. The van der Waals surface area contributed by atoms with Gasteiger partial charge in [0, 0.05) is 13.2 Å². The fourth-order valence-corrected chi connectivity index (χ4v) is 1.40. The molecule has 0 saturated carbocycles. The van der Waals surface area contributed by atoms with E-state index in [1.807, 2.05) is 13.2 Å². The molecule has 0 aliphatic rings. The zero-order valence-electron chi connectivity index (χ0n) is 9.56. The molecule has 1 N–H and O–H groups in total. The number of rotatable bonds is 5. The molecule has 0 amide bonds. The van der Waals surface area contributed by atoms with Crippen molar-refractivity contribution in [3.05, 3.63) is 42.5 Å². The van der Waals surface area contributed by atoms with Gasteiger partial charge in [-0.3, -0.25) is 4.68 Å². The average Bonchev–Trinajstić information content (AvgIpc) is 2.80. The Morgan fingerprint density at radius 1 is 1.35 bits per heavy atom. The van der Waals surface area contributed by atoms with Crippen LogP contribution < -0.4 is 10.1 Å². The Morgan fingerprint density at radius 3 is 2.76 bits per heavy atom. The minimum atomic E-state index is -0.261. The summed E-state index contributed by atoms with van der Waals surface area (Å²) in [5.74, 6) is 0.399. The number of hydrogen-bond donors (Lipinski definition) is 1. The van der Waals surface area contributed by atoms with Crippen LogP contribution in [0.3, 0.4) is 0 Å². The van der Waals surface area contributed by atoms with Crippen LogP contribution in [0, 0.1) is 5.82 Å². The number of benzene rings is 1. The fourth-order valence-electron chi connectivity index (χ4n) is 1.40. The van der Waals surface area contributed by atoms with Gasteiger partial charge in [0.2, 0.25) is 0 Å². The molecule has 1 aromatic carbocycles. The molecule has 0 spiro atoms. The van der Waals surface area contributed by atoms with E-state index in [0.29, 0.717) is 18.9 Å². The maximum Gasteiger partial charge on any atom is 0.123 e. The number of halogens is 1. The molecule has 17 heavy (non-hydrogen) atoms. The lowest BCUT2D eigenvalue weighted by Gasteiger charge is -2.05. The van der Waals surface area contributed by atoms with E-state index >= 15 is 0 Å². The van der Waals surface area contributed by atoms with Crippen molar-refractivity contribution in [2.75, 3.05) is 19.0 Å². The molecule has 90 valence electrons. The van der Waals surface area contributed by atoms with Crippen LogP contribution in [-0.4, -0.2) is 23.4 Å². The van der Waals surface area contributed by atoms with E-state index in [1.54, 1.807) is 23.0 Å². The summed E-state index contributed by atoms with van der Waals surface area (Å²) in [7, 11) is 1.84. The third-order valence-corrected chi connectivity index (χ3v) is 2.32. The Labute approximate surface area is 99.0 Å². The molecule has 2 rings (SSSR count). The molecule has 0 fully saturated rings. The summed E-state index contributed by atoms with van der Waals surface area (Å²) >= 11 is 0. The SMILES string of the molecule is CNc1cnn(CCOc2ccc(F)cc2)c1. The fraction of sp³-hybridized carbons (Fsp3) is 0.250. The van der Waals surface area contributed by atoms with Crippen LogP contribution in [-0.2, 0) is 6.54 Å². The Bertz CT molecular complexity index is 467. The quantitative estimate of drug-likeness (QED) is 0.863. The van der Waals surface area contributed by atoms with Crippen molar-refractivity contribution in [3.8, 4) is 5.75 Å². The van der Waals surface area contributed by atoms with E-state index in [1.165, 1.54) is 12.1 Å². The third kappa shape index (κ3) is 3.21. The summed E-state index contributed by atoms with van der Waals surface area (Å²) in [5.41, 5.74) is 0.965. The van der Waals surface area contributed by atoms with Gasteiger partial charge in [-0.25, -0.2) is 4.39 Å². The van der Waals surface area contributed by atoms with Gasteiger partial charge in [0.05, 0.1) is 18.4 Å². The molecule has 1 aromatic heterocycles. The average molecular weight is 235 g/mol. The Kier molecular flexibility index (Phi) is 3.59. The number of nitrogens with zero attached hydrogens (tertiary/aromatic N) is 2. The summed E-state index contributed by atoms with van der Waals surface area (Å²) in [6.45, 7) is 1.15. The van der Waals surface area contributed by atoms with Crippen LogP contribution in [0.2, 0.25) is 0 Å². The van der Waals surface area contributed by atoms with Crippen molar-refractivity contribution in [2.24, 2.45) is 0 Å². The lowest BCUT2D eigenvalue weighted by molar-refractivity contribution is 0.291. The number of aromatic nitrogens is 2. The van der Waals surface area contributed by atoms with E-state index < -0.39 is 0 Å². The Balaban J connectivity index is 1.81. The molecule has 5 heteroatoms. The normalized spacial score (nSPS) is 10.2. The highest BCUT2D eigenvalue weighted by atomic mass is 19.1. The second-order valence-electron chi connectivity index (χ2n) is 3.54. The van der Waals surface area contributed by atoms with E-state index in [0.717, 1.165) is 5.69 Å². The van der Waals surface area contributed by atoms with Crippen molar-refractivity contribution in [3.63, 3.8) is 0 Å². The standard InChI is InChI=1S/C12H14FN3O/c1-14-11-8-15-16(9-11)6-7-17-12-4-2-10(13)3-5-12/h2-5,8-9,14H,6-7H2,1H3. The number of nitrogens with one attached hydrogen (secondary N) is 1. The highest BCUT2D eigenvalue weighted by Gasteiger charge is 1.97. The van der Waals surface area contributed by atoms with Gasteiger partial charge in [-0.1, -0.05) is 0 Å². The molecule has 2 aromatic rings. The molecule has 0 atom stereocenters. The van der Waals surface area contributed by atoms with Gasteiger partial charge < -0.3 is 10.1 Å². The molecule has 0 aliphatic carbocycles. The molecule has 0 unspecified atom stereocenters. The van der Waals surface area contributed by atoms with Crippen molar-refractivity contribution in [2.45, 2.75) is 6.54 Å². The van der Waals surface area contributed by atoms with E-state index in [4.69, 9.17) is 4.74 Å². The zero-order chi connectivity index (χ0) is 12.1. The minimum absolute atomic E-state index is 0.261. The summed E-state index contributed by atoms with van der Waals surface area (Å²) in [6, 6.07) is 5.97. The molecule has 0 aliphatic heterocycles. The van der Waals surface area contributed by atoms with Crippen molar-refractivity contribution in [1.29, 1.82) is 0 Å². The zero-order valence-corrected chi connectivity index (χ0v) is 9.56. The van der Waals surface area contributed by atoms with Crippen molar-refractivity contribution in [1.82, 2.24) is 9.78 Å². The van der Waals surface area contributed by atoms with E-state index in [-0.39, 0.29) is 5.82 Å². The van der Waals surface area contributed by atoms with E-state index in [2.05, 4.69) is 10.4 Å². The lowest BCUT2D eigenvalue weighted by Crippen LogP contribution is -2.08. The Hall–Kier alpha value is -2.04. The van der Waals surface area contributed by atoms with Gasteiger partial charge in [-0.15, -0.1) is 0 Å².